The van der Waals surface area contributed by atoms with E-state index < -0.39 is 5.41 Å². The Kier molecular flexibility index (Phi) is 8.13. The Morgan fingerprint density at radius 1 is 0.500 bits per heavy atom. The molecule has 9 aromatic rings. The molecule has 1 aliphatic rings. The number of hydrogen-bond acceptors (Lipinski definition) is 3. The van der Waals surface area contributed by atoms with Gasteiger partial charge in [0.2, 0.25) is 0 Å². The largest absolute Gasteiger partial charge is 0.251 e. The number of aryl methyl sites for hydroxylation is 1. The molecule has 0 aliphatic heterocycles. The number of aromatic nitrogens is 2. The second kappa shape index (κ2) is 13.3. The monoisotopic (exact) mass is 738 g/mol. The first kappa shape index (κ1) is 34.3. The van der Waals surface area contributed by atoms with Gasteiger partial charge in [-0.15, -0.1) is 11.3 Å². The van der Waals surface area contributed by atoms with E-state index in [1.54, 1.807) is 0 Å². The minimum Gasteiger partial charge on any atom is -0.251 e. The standard InChI is InChI=1S/C53H42N2S/c1-34-29-43-40-18-9-8-17-38(40)30-44(51(43)56-34)48-31-39(36-27-25-35(26-28-36)33-52(2,3)4)32-50(55-48)53(49-24-14-23-47(54-49)37-15-6-5-7-16-37)45-21-12-10-19-41(45)42-20-11-13-22-46(42)53/h5-32H,33H2,1-4H3. The molecular weight excluding hydrogens is 697 g/mol. The Morgan fingerprint density at radius 3 is 1.89 bits per heavy atom. The molecular formula is C53H42N2S. The van der Waals surface area contributed by atoms with Gasteiger partial charge in [0, 0.05) is 26.1 Å². The highest BCUT2D eigenvalue weighted by atomic mass is 32.1. The van der Waals surface area contributed by atoms with Gasteiger partial charge in [0.05, 0.1) is 22.8 Å². The third-order valence-electron chi connectivity index (χ3n) is 11.3. The van der Waals surface area contributed by atoms with E-state index in [1.807, 2.05) is 11.3 Å². The topological polar surface area (TPSA) is 25.8 Å². The molecule has 0 radical (unpaired) electrons. The van der Waals surface area contributed by atoms with Gasteiger partial charge >= 0.3 is 0 Å². The summed E-state index contributed by atoms with van der Waals surface area (Å²) in [5, 5.41) is 3.78. The SMILES string of the molecule is Cc1cc2c(s1)c(-c1cc(-c3ccc(CC(C)(C)C)cc3)cc(C3(c4cccc(-c5ccccc5)n4)c4ccccc4-c4ccccc43)n1)cc1ccccc12. The van der Waals surface area contributed by atoms with Crippen LogP contribution in [0.3, 0.4) is 0 Å². The van der Waals surface area contributed by atoms with Gasteiger partial charge in [-0.1, -0.05) is 154 Å². The summed E-state index contributed by atoms with van der Waals surface area (Å²) in [6.45, 7) is 9.12. The van der Waals surface area contributed by atoms with E-state index in [0.29, 0.717) is 0 Å². The van der Waals surface area contributed by atoms with Crippen molar-refractivity contribution >= 4 is 32.2 Å². The molecule has 3 aromatic heterocycles. The van der Waals surface area contributed by atoms with Crippen LogP contribution in [0.15, 0.2) is 170 Å². The lowest BCUT2D eigenvalue weighted by atomic mass is 9.71. The fourth-order valence-corrected chi connectivity index (χ4v) is 10.0. The minimum absolute atomic E-state index is 0.204. The van der Waals surface area contributed by atoms with Crippen molar-refractivity contribution in [2.75, 3.05) is 0 Å². The molecule has 0 bridgehead atoms. The summed E-state index contributed by atoms with van der Waals surface area (Å²) in [5.74, 6) is 0. The van der Waals surface area contributed by atoms with Crippen LogP contribution in [0.1, 0.15) is 53.7 Å². The van der Waals surface area contributed by atoms with Gasteiger partial charge in [-0.3, -0.25) is 9.97 Å². The zero-order valence-corrected chi connectivity index (χ0v) is 33.0. The van der Waals surface area contributed by atoms with E-state index in [0.717, 1.165) is 45.9 Å². The van der Waals surface area contributed by atoms with Crippen molar-refractivity contribution in [2.45, 2.75) is 39.5 Å². The molecule has 10 rings (SSSR count). The van der Waals surface area contributed by atoms with Crippen molar-refractivity contribution in [1.82, 2.24) is 9.97 Å². The average molecular weight is 739 g/mol. The van der Waals surface area contributed by atoms with Crippen LogP contribution in [0.4, 0.5) is 0 Å². The molecule has 6 aromatic carbocycles. The Balaban J connectivity index is 1.31. The summed E-state index contributed by atoms with van der Waals surface area (Å²) < 4.78 is 1.27. The molecule has 3 heterocycles. The van der Waals surface area contributed by atoms with Gasteiger partial charge in [-0.05, 0) is 105 Å². The lowest BCUT2D eigenvalue weighted by Crippen LogP contribution is -2.31. The Labute approximate surface area is 333 Å². The Morgan fingerprint density at radius 2 is 1.16 bits per heavy atom. The van der Waals surface area contributed by atoms with Crippen LogP contribution in [0.5, 0.6) is 0 Å². The van der Waals surface area contributed by atoms with Gasteiger partial charge in [-0.2, -0.15) is 0 Å². The van der Waals surface area contributed by atoms with Crippen LogP contribution >= 0.6 is 11.3 Å². The number of nitrogens with zero attached hydrogens (tertiary/aromatic N) is 2. The molecule has 0 amide bonds. The van der Waals surface area contributed by atoms with Gasteiger partial charge in [0.15, 0.2) is 0 Å². The molecule has 1 aliphatic carbocycles. The van der Waals surface area contributed by atoms with Crippen molar-refractivity contribution in [1.29, 1.82) is 0 Å². The third kappa shape index (κ3) is 5.69. The predicted molar refractivity (Wildman–Crippen MR) is 236 cm³/mol. The van der Waals surface area contributed by atoms with Crippen molar-refractivity contribution in [3.63, 3.8) is 0 Å². The zero-order chi connectivity index (χ0) is 38.0. The maximum Gasteiger partial charge on any atom is 0.106 e. The average Bonchev–Trinajstić information content (AvgIpc) is 3.77. The first-order chi connectivity index (χ1) is 27.3. The fourth-order valence-electron chi connectivity index (χ4n) is 8.98. The summed E-state index contributed by atoms with van der Waals surface area (Å²) in [6, 6.07) is 62.1. The Bertz CT molecular complexity index is 2880. The fraction of sp³-hybridized carbons (Fsp3) is 0.132. The van der Waals surface area contributed by atoms with E-state index >= 15 is 0 Å². The highest BCUT2D eigenvalue weighted by Crippen LogP contribution is 2.56. The lowest BCUT2D eigenvalue weighted by molar-refractivity contribution is 0.411. The molecule has 3 heteroatoms. The molecule has 56 heavy (non-hydrogen) atoms. The van der Waals surface area contributed by atoms with Crippen molar-refractivity contribution in [3.05, 3.63) is 203 Å². The van der Waals surface area contributed by atoms with Crippen molar-refractivity contribution in [3.8, 4) is 44.8 Å². The van der Waals surface area contributed by atoms with Crippen LogP contribution in [0, 0.1) is 12.3 Å². The quantitative estimate of drug-likeness (QED) is 0.170. The van der Waals surface area contributed by atoms with Crippen molar-refractivity contribution in [2.24, 2.45) is 5.41 Å². The molecule has 0 fully saturated rings. The van der Waals surface area contributed by atoms with E-state index in [9.17, 15) is 0 Å². The highest BCUT2D eigenvalue weighted by Gasteiger charge is 2.48. The molecule has 0 saturated heterocycles. The second-order valence-corrected chi connectivity index (χ2v) is 17.7. The van der Waals surface area contributed by atoms with E-state index in [-0.39, 0.29) is 5.41 Å². The van der Waals surface area contributed by atoms with Gasteiger partial charge < -0.3 is 0 Å². The maximum absolute atomic E-state index is 5.86. The molecule has 0 N–H and O–H groups in total. The van der Waals surface area contributed by atoms with E-state index in [2.05, 4.69) is 198 Å². The highest BCUT2D eigenvalue weighted by molar-refractivity contribution is 7.19. The van der Waals surface area contributed by atoms with Crippen LogP contribution in [-0.4, -0.2) is 9.97 Å². The molecule has 0 atom stereocenters. The lowest BCUT2D eigenvalue weighted by Gasteiger charge is -2.32. The molecule has 0 unspecified atom stereocenters. The number of benzene rings is 6. The number of pyridine rings is 2. The second-order valence-electron chi connectivity index (χ2n) is 16.4. The number of fused-ring (bicyclic) bond motifs is 6. The normalized spacial score (nSPS) is 13.2. The summed E-state index contributed by atoms with van der Waals surface area (Å²) in [7, 11) is 0. The number of thiophene rings is 1. The van der Waals surface area contributed by atoms with Crippen molar-refractivity contribution < 1.29 is 0 Å². The smallest absolute Gasteiger partial charge is 0.106 e. The summed E-state index contributed by atoms with van der Waals surface area (Å²) in [4.78, 5) is 12.7. The first-order valence-electron chi connectivity index (χ1n) is 19.5. The molecule has 0 saturated carbocycles. The van der Waals surface area contributed by atoms with E-state index in [1.165, 1.54) is 59.1 Å². The molecule has 270 valence electrons. The van der Waals surface area contributed by atoms with Gasteiger partial charge in [-0.25, -0.2) is 0 Å². The summed E-state index contributed by atoms with van der Waals surface area (Å²) in [5.41, 5.74) is 14.0. The first-order valence-corrected chi connectivity index (χ1v) is 20.3. The van der Waals surface area contributed by atoms with Crippen LogP contribution in [0.25, 0.3) is 65.6 Å². The maximum atomic E-state index is 5.86. The Hall–Kier alpha value is -6.16. The zero-order valence-electron chi connectivity index (χ0n) is 32.2. The van der Waals surface area contributed by atoms with E-state index in [4.69, 9.17) is 9.97 Å². The number of rotatable bonds is 6. The van der Waals surface area contributed by atoms with Crippen LogP contribution < -0.4 is 0 Å². The van der Waals surface area contributed by atoms with Gasteiger partial charge in [0.1, 0.15) is 5.41 Å². The summed E-state index contributed by atoms with van der Waals surface area (Å²) in [6.07, 6.45) is 1.02. The minimum atomic E-state index is -0.782. The molecule has 0 spiro atoms. The van der Waals surface area contributed by atoms with Crippen LogP contribution in [-0.2, 0) is 11.8 Å². The summed E-state index contributed by atoms with van der Waals surface area (Å²) >= 11 is 1.86. The molecule has 2 nitrogen and oxygen atoms in total. The predicted octanol–water partition coefficient (Wildman–Crippen LogP) is 14.1. The number of hydrogen-bond donors (Lipinski definition) is 0. The van der Waals surface area contributed by atoms with Gasteiger partial charge in [0.25, 0.3) is 0 Å². The van der Waals surface area contributed by atoms with Crippen LogP contribution in [0.2, 0.25) is 0 Å². The third-order valence-corrected chi connectivity index (χ3v) is 12.4.